The van der Waals surface area contributed by atoms with Crippen molar-refractivity contribution in [3.8, 4) is 0 Å². The number of amides is 2. The number of aliphatic carboxylic acids is 1. The summed E-state index contributed by atoms with van der Waals surface area (Å²) in [6.45, 7) is 3.68. The number of urea groups is 1. The monoisotopic (exact) mass is 250 g/mol. The Labute approximate surface area is 97.3 Å². The van der Waals surface area contributed by atoms with Crippen LogP contribution >= 0.6 is 0 Å². The SMILES string of the molecule is CC(C)C(NC(=O)NCCS(C)=O)C(=O)O. The zero-order valence-electron chi connectivity index (χ0n) is 9.65. The van der Waals surface area contributed by atoms with E-state index in [2.05, 4.69) is 10.6 Å². The Balaban J connectivity index is 4.01. The Hall–Kier alpha value is -1.11. The number of hydrogen-bond acceptors (Lipinski definition) is 3. The number of hydrogen-bond donors (Lipinski definition) is 3. The van der Waals surface area contributed by atoms with Crippen LogP contribution in [0.2, 0.25) is 0 Å². The molecule has 2 atom stereocenters. The molecule has 7 heteroatoms. The van der Waals surface area contributed by atoms with Crippen LogP contribution < -0.4 is 10.6 Å². The number of rotatable bonds is 6. The van der Waals surface area contributed by atoms with E-state index >= 15 is 0 Å². The van der Waals surface area contributed by atoms with Gasteiger partial charge in [0.25, 0.3) is 0 Å². The second kappa shape index (κ2) is 7.21. The summed E-state index contributed by atoms with van der Waals surface area (Å²) in [5.74, 6) is -0.903. The van der Waals surface area contributed by atoms with Gasteiger partial charge in [-0.3, -0.25) is 4.21 Å². The number of nitrogens with one attached hydrogen (secondary N) is 2. The molecule has 0 bridgehead atoms. The number of carboxylic acids is 1. The average molecular weight is 250 g/mol. The van der Waals surface area contributed by atoms with Crippen molar-refractivity contribution < 1.29 is 18.9 Å². The third-order valence-corrected chi connectivity index (χ3v) is 2.67. The second-order valence-corrected chi connectivity index (χ2v) is 5.29. The van der Waals surface area contributed by atoms with Gasteiger partial charge < -0.3 is 15.7 Å². The van der Waals surface area contributed by atoms with E-state index in [9.17, 15) is 13.8 Å². The van der Waals surface area contributed by atoms with Gasteiger partial charge in [-0.2, -0.15) is 0 Å². The molecule has 0 aromatic carbocycles. The maximum atomic E-state index is 11.3. The highest BCUT2D eigenvalue weighted by Crippen LogP contribution is 2.00. The lowest BCUT2D eigenvalue weighted by molar-refractivity contribution is -0.140. The summed E-state index contributed by atoms with van der Waals surface area (Å²) < 4.78 is 10.7. The number of carboxylic acid groups (broad SMARTS) is 1. The molecule has 16 heavy (non-hydrogen) atoms. The number of carbonyl (C=O) groups excluding carboxylic acids is 1. The van der Waals surface area contributed by atoms with Gasteiger partial charge in [0.05, 0.1) is 0 Å². The molecule has 0 aromatic rings. The third kappa shape index (κ3) is 6.39. The summed E-state index contributed by atoms with van der Waals surface area (Å²) in [4.78, 5) is 22.0. The molecule has 0 radical (unpaired) electrons. The van der Waals surface area contributed by atoms with Crippen LogP contribution in [0.4, 0.5) is 4.79 Å². The van der Waals surface area contributed by atoms with Crippen molar-refractivity contribution in [1.29, 1.82) is 0 Å². The first-order chi connectivity index (χ1) is 7.34. The summed E-state index contributed by atoms with van der Waals surface area (Å²) in [7, 11) is -0.971. The first-order valence-electron chi connectivity index (χ1n) is 4.91. The molecule has 3 N–H and O–H groups in total. The van der Waals surface area contributed by atoms with E-state index in [-0.39, 0.29) is 12.5 Å². The van der Waals surface area contributed by atoms with E-state index < -0.39 is 28.8 Å². The molecule has 0 aliphatic rings. The highest BCUT2D eigenvalue weighted by molar-refractivity contribution is 7.84. The van der Waals surface area contributed by atoms with Crippen LogP contribution in [0.25, 0.3) is 0 Å². The van der Waals surface area contributed by atoms with Gasteiger partial charge in [-0.25, -0.2) is 9.59 Å². The Kier molecular flexibility index (Phi) is 6.71. The van der Waals surface area contributed by atoms with Crippen LogP contribution in [0, 0.1) is 5.92 Å². The summed E-state index contributed by atoms with van der Waals surface area (Å²) >= 11 is 0. The zero-order chi connectivity index (χ0) is 12.7. The van der Waals surface area contributed by atoms with Gasteiger partial charge in [0.15, 0.2) is 0 Å². The van der Waals surface area contributed by atoms with Crippen LogP contribution in [0.1, 0.15) is 13.8 Å². The Morgan fingerprint density at radius 2 is 1.94 bits per heavy atom. The van der Waals surface area contributed by atoms with Gasteiger partial charge in [0.1, 0.15) is 6.04 Å². The molecule has 0 aliphatic heterocycles. The van der Waals surface area contributed by atoms with Crippen molar-refractivity contribution in [2.75, 3.05) is 18.6 Å². The number of carbonyl (C=O) groups is 2. The van der Waals surface area contributed by atoms with Crippen LogP contribution in [-0.2, 0) is 15.6 Å². The molecule has 0 rings (SSSR count). The van der Waals surface area contributed by atoms with E-state index in [1.54, 1.807) is 13.8 Å². The van der Waals surface area contributed by atoms with Gasteiger partial charge in [0.2, 0.25) is 0 Å². The van der Waals surface area contributed by atoms with Gasteiger partial charge in [-0.05, 0) is 5.92 Å². The lowest BCUT2D eigenvalue weighted by atomic mass is 10.1. The van der Waals surface area contributed by atoms with Crippen molar-refractivity contribution in [3.05, 3.63) is 0 Å². The van der Waals surface area contributed by atoms with Gasteiger partial charge >= 0.3 is 12.0 Å². The first-order valence-corrected chi connectivity index (χ1v) is 6.64. The van der Waals surface area contributed by atoms with Gasteiger partial charge in [-0.15, -0.1) is 0 Å². The topological polar surface area (TPSA) is 95.5 Å². The fraction of sp³-hybridized carbons (Fsp3) is 0.778. The van der Waals surface area contributed by atoms with Crippen molar-refractivity contribution in [2.45, 2.75) is 19.9 Å². The van der Waals surface area contributed by atoms with Crippen molar-refractivity contribution in [1.82, 2.24) is 10.6 Å². The van der Waals surface area contributed by atoms with E-state index in [0.717, 1.165) is 0 Å². The molecule has 94 valence electrons. The smallest absolute Gasteiger partial charge is 0.326 e. The quantitative estimate of drug-likeness (QED) is 0.607. The normalized spacial score (nSPS) is 14.2. The van der Waals surface area contributed by atoms with Crippen LogP contribution in [-0.4, -0.2) is 45.9 Å². The lowest BCUT2D eigenvalue weighted by Gasteiger charge is -2.18. The van der Waals surface area contributed by atoms with Crippen molar-refractivity contribution >= 4 is 22.8 Å². The molecular formula is C9H18N2O4S. The summed E-state index contributed by atoms with van der Waals surface area (Å²) in [5, 5.41) is 13.6. The molecule has 2 amide bonds. The maximum absolute atomic E-state index is 11.3. The molecule has 0 saturated heterocycles. The standard InChI is InChI=1S/C9H18N2O4S/c1-6(2)7(8(12)13)11-9(14)10-4-5-16(3)15/h6-7H,4-5H2,1-3H3,(H,12,13)(H2,10,11,14). The zero-order valence-corrected chi connectivity index (χ0v) is 10.5. The highest BCUT2D eigenvalue weighted by atomic mass is 32.2. The molecule has 2 unspecified atom stereocenters. The van der Waals surface area contributed by atoms with E-state index in [0.29, 0.717) is 5.75 Å². The summed E-state index contributed by atoms with van der Waals surface area (Å²) in [5.41, 5.74) is 0. The predicted molar refractivity (Wildman–Crippen MR) is 61.7 cm³/mol. The molecule has 0 saturated carbocycles. The Morgan fingerprint density at radius 1 is 1.38 bits per heavy atom. The van der Waals surface area contributed by atoms with Crippen molar-refractivity contribution in [3.63, 3.8) is 0 Å². The average Bonchev–Trinajstić information content (AvgIpc) is 2.12. The molecule has 6 nitrogen and oxygen atoms in total. The van der Waals surface area contributed by atoms with Crippen molar-refractivity contribution in [2.24, 2.45) is 5.92 Å². The molecule has 0 aromatic heterocycles. The van der Waals surface area contributed by atoms with Gasteiger partial charge in [-0.1, -0.05) is 13.8 Å². The maximum Gasteiger partial charge on any atom is 0.326 e. The van der Waals surface area contributed by atoms with Crippen LogP contribution in [0.3, 0.4) is 0 Å². The van der Waals surface area contributed by atoms with E-state index in [4.69, 9.17) is 5.11 Å². The summed E-state index contributed by atoms with van der Waals surface area (Å²) in [6.07, 6.45) is 1.54. The highest BCUT2D eigenvalue weighted by Gasteiger charge is 2.22. The fourth-order valence-corrected chi connectivity index (χ4v) is 1.40. The van der Waals surface area contributed by atoms with Crippen LogP contribution in [0.5, 0.6) is 0 Å². The molecule has 0 spiro atoms. The van der Waals surface area contributed by atoms with Crippen LogP contribution in [0.15, 0.2) is 0 Å². The molecular weight excluding hydrogens is 232 g/mol. The first kappa shape index (κ1) is 14.9. The van der Waals surface area contributed by atoms with E-state index in [1.165, 1.54) is 6.26 Å². The minimum atomic E-state index is -1.07. The molecule has 0 heterocycles. The molecule has 0 aliphatic carbocycles. The third-order valence-electron chi connectivity index (χ3n) is 1.89. The van der Waals surface area contributed by atoms with Gasteiger partial charge in [0, 0.05) is 29.4 Å². The largest absolute Gasteiger partial charge is 0.480 e. The minimum absolute atomic E-state index is 0.191. The second-order valence-electron chi connectivity index (χ2n) is 3.74. The Morgan fingerprint density at radius 3 is 2.31 bits per heavy atom. The minimum Gasteiger partial charge on any atom is -0.480 e. The van der Waals surface area contributed by atoms with E-state index in [1.807, 2.05) is 0 Å². The summed E-state index contributed by atoms with van der Waals surface area (Å²) in [6, 6.07) is -1.46. The predicted octanol–water partition coefficient (Wildman–Crippen LogP) is -0.227. The lowest BCUT2D eigenvalue weighted by Crippen LogP contribution is -2.49. The Bertz CT molecular complexity index is 281. The molecule has 0 fully saturated rings. The fourth-order valence-electron chi connectivity index (χ4n) is 1.01.